The molecule has 1 aliphatic heterocycles. The second-order valence-electron chi connectivity index (χ2n) is 7.98. The van der Waals surface area contributed by atoms with Crippen molar-refractivity contribution in [1.82, 2.24) is 9.88 Å². The standard InChI is InChI=1S/C20H27N3O5S/c1-12-11-22(19(25)28-20(2,3)4)7-8-23(12)18-21-16-14(26-5)9-13(17(24)27-6)10-15(16)29-18/h9-10,12H,7-8,11H2,1-6H3/t12-/m1/s1. The van der Waals surface area contributed by atoms with E-state index >= 15 is 0 Å². The van der Waals surface area contributed by atoms with Gasteiger partial charge in [0.2, 0.25) is 0 Å². The molecule has 0 N–H and O–H groups in total. The van der Waals surface area contributed by atoms with Crippen molar-refractivity contribution in [1.29, 1.82) is 0 Å². The largest absolute Gasteiger partial charge is 0.494 e. The molecule has 1 fully saturated rings. The Hall–Kier alpha value is -2.55. The van der Waals surface area contributed by atoms with E-state index in [4.69, 9.17) is 19.2 Å². The molecule has 29 heavy (non-hydrogen) atoms. The number of nitrogens with zero attached hydrogens (tertiary/aromatic N) is 3. The zero-order valence-corrected chi connectivity index (χ0v) is 18.5. The molecule has 3 rings (SSSR count). The number of anilines is 1. The van der Waals surface area contributed by atoms with Crippen LogP contribution >= 0.6 is 11.3 Å². The van der Waals surface area contributed by atoms with E-state index in [9.17, 15) is 9.59 Å². The van der Waals surface area contributed by atoms with Crippen LogP contribution in [0.25, 0.3) is 10.2 Å². The molecule has 158 valence electrons. The van der Waals surface area contributed by atoms with Crippen LogP contribution in [0.5, 0.6) is 5.75 Å². The van der Waals surface area contributed by atoms with Gasteiger partial charge in [0.25, 0.3) is 0 Å². The Morgan fingerprint density at radius 2 is 1.93 bits per heavy atom. The number of benzene rings is 1. The molecule has 0 radical (unpaired) electrons. The normalized spacial score (nSPS) is 17.4. The van der Waals surface area contributed by atoms with E-state index in [1.165, 1.54) is 18.4 Å². The molecule has 8 nitrogen and oxygen atoms in total. The maximum atomic E-state index is 12.4. The van der Waals surface area contributed by atoms with E-state index in [1.807, 2.05) is 20.8 Å². The lowest BCUT2D eigenvalue weighted by molar-refractivity contribution is 0.0218. The fourth-order valence-corrected chi connectivity index (χ4v) is 4.39. The van der Waals surface area contributed by atoms with Gasteiger partial charge in [0.1, 0.15) is 16.9 Å². The highest BCUT2D eigenvalue weighted by Gasteiger charge is 2.31. The molecule has 0 unspecified atom stereocenters. The first-order chi connectivity index (χ1) is 13.6. The average molecular weight is 422 g/mol. The highest BCUT2D eigenvalue weighted by molar-refractivity contribution is 7.22. The molecule has 2 aromatic rings. The fraction of sp³-hybridized carbons (Fsp3) is 0.550. The number of fused-ring (bicyclic) bond motifs is 1. The molecule has 1 aliphatic rings. The Kier molecular flexibility index (Phi) is 5.88. The first-order valence-corrected chi connectivity index (χ1v) is 10.3. The summed E-state index contributed by atoms with van der Waals surface area (Å²) in [6, 6.07) is 3.48. The van der Waals surface area contributed by atoms with Crippen LogP contribution in [0.1, 0.15) is 38.1 Å². The molecule has 0 bridgehead atoms. The lowest BCUT2D eigenvalue weighted by Crippen LogP contribution is -2.54. The van der Waals surface area contributed by atoms with Crippen LogP contribution in [0, 0.1) is 0 Å². The van der Waals surface area contributed by atoms with Crippen LogP contribution in [-0.2, 0) is 9.47 Å². The molecule has 0 saturated carbocycles. The van der Waals surface area contributed by atoms with E-state index in [-0.39, 0.29) is 12.1 Å². The van der Waals surface area contributed by atoms with E-state index in [1.54, 1.807) is 24.1 Å². The number of hydrogen-bond donors (Lipinski definition) is 0. The SMILES string of the molecule is COC(=O)c1cc(OC)c2nc(N3CCN(C(=O)OC(C)(C)C)C[C@H]3C)sc2c1. The number of piperazine rings is 1. The van der Waals surface area contributed by atoms with E-state index < -0.39 is 11.6 Å². The van der Waals surface area contributed by atoms with Crippen molar-refractivity contribution in [3.63, 3.8) is 0 Å². The summed E-state index contributed by atoms with van der Waals surface area (Å²) in [6.45, 7) is 9.40. The van der Waals surface area contributed by atoms with Crippen molar-refractivity contribution < 1.29 is 23.8 Å². The van der Waals surface area contributed by atoms with Crippen LogP contribution in [0.15, 0.2) is 12.1 Å². The number of thiazole rings is 1. The van der Waals surface area contributed by atoms with E-state index in [2.05, 4.69) is 11.8 Å². The number of carbonyl (C=O) groups excluding carboxylic acids is 2. The van der Waals surface area contributed by atoms with Gasteiger partial charge in [0, 0.05) is 25.7 Å². The molecule has 1 amide bonds. The summed E-state index contributed by atoms with van der Waals surface area (Å²) in [6.07, 6.45) is -0.294. The van der Waals surface area contributed by atoms with Gasteiger partial charge < -0.3 is 24.0 Å². The molecular formula is C20H27N3O5S. The topological polar surface area (TPSA) is 81.2 Å². The number of amides is 1. The van der Waals surface area contributed by atoms with Gasteiger partial charge in [-0.2, -0.15) is 0 Å². The van der Waals surface area contributed by atoms with Gasteiger partial charge >= 0.3 is 12.1 Å². The van der Waals surface area contributed by atoms with Crippen molar-refractivity contribution in [3.05, 3.63) is 17.7 Å². The fourth-order valence-electron chi connectivity index (χ4n) is 3.24. The minimum Gasteiger partial charge on any atom is -0.494 e. The number of esters is 1. The molecule has 1 aromatic carbocycles. The third-order valence-corrected chi connectivity index (χ3v) is 5.65. The van der Waals surface area contributed by atoms with Crippen molar-refractivity contribution in [2.24, 2.45) is 0 Å². The summed E-state index contributed by atoms with van der Waals surface area (Å²) >= 11 is 1.49. The molecule has 1 atom stereocenters. The Balaban J connectivity index is 1.82. The summed E-state index contributed by atoms with van der Waals surface area (Å²) in [4.78, 5) is 32.9. The van der Waals surface area contributed by atoms with Crippen LogP contribution < -0.4 is 9.64 Å². The molecule has 9 heteroatoms. The number of ether oxygens (including phenoxy) is 3. The Morgan fingerprint density at radius 3 is 2.52 bits per heavy atom. The Labute approximate surface area is 174 Å². The first-order valence-electron chi connectivity index (χ1n) is 9.44. The molecule has 1 aromatic heterocycles. The van der Waals surface area contributed by atoms with Crippen molar-refractivity contribution >= 4 is 38.7 Å². The van der Waals surface area contributed by atoms with Gasteiger partial charge in [-0.3, -0.25) is 0 Å². The molecule has 1 saturated heterocycles. The van der Waals surface area contributed by atoms with E-state index in [0.717, 1.165) is 9.83 Å². The van der Waals surface area contributed by atoms with Crippen molar-refractivity contribution in [2.45, 2.75) is 39.3 Å². The van der Waals surface area contributed by atoms with Gasteiger partial charge in [-0.15, -0.1) is 0 Å². The number of methoxy groups -OCH3 is 2. The maximum absolute atomic E-state index is 12.4. The second kappa shape index (κ2) is 8.06. The van der Waals surface area contributed by atoms with Crippen molar-refractivity contribution in [3.8, 4) is 5.75 Å². The highest BCUT2D eigenvalue weighted by atomic mass is 32.1. The Bertz CT molecular complexity index is 921. The van der Waals surface area contributed by atoms with Gasteiger partial charge in [0.05, 0.1) is 24.5 Å². The summed E-state index contributed by atoms with van der Waals surface area (Å²) in [7, 11) is 2.90. The monoisotopic (exact) mass is 421 g/mol. The van der Waals surface area contributed by atoms with Crippen LogP contribution in [0.2, 0.25) is 0 Å². The third kappa shape index (κ3) is 4.55. The summed E-state index contributed by atoms with van der Waals surface area (Å²) in [5.41, 5.74) is 0.620. The van der Waals surface area contributed by atoms with Crippen LogP contribution in [-0.4, -0.2) is 67.4 Å². The van der Waals surface area contributed by atoms with E-state index in [0.29, 0.717) is 36.5 Å². The minimum atomic E-state index is -0.515. The zero-order chi connectivity index (χ0) is 21.3. The predicted octanol–water partition coefficient (Wildman–Crippen LogP) is 3.54. The van der Waals surface area contributed by atoms with Crippen LogP contribution in [0.3, 0.4) is 0 Å². The maximum Gasteiger partial charge on any atom is 0.410 e. The summed E-state index contributed by atoms with van der Waals surface area (Å²) in [5, 5.41) is 0.830. The lowest BCUT2D eigenvalue weighted by Gasteiger charge is -2.40. The molecular weight excluding hydrogens is 394 g/mol. The van der Waals surface area contributed by atoms with Gasteiger partial charge in [0.15, 0.2) is 5.13 Å². The first kappa shape index (κ1) is 21.2. The van der Waals surface area contributed by atoms with Gasteiger partial charge in [-0.25, -0.2) is 14.6 Å². The highest BCUT2D eigenvalue weighted by Crippen LogP contribution is 2.36. The average Bonchev–Trinajstić information content (AvgIpc) is 3.08. The number of carbonyl (C=O) groups is 2. The Morgan fingerprint density at radius 1 is 1.21 bits per heavy atom. The smallest absolute Gasteiger partial charge is 0.410 e. The van der Waals surface area contributed by atoms with Crippen molar-refractivity contribution in [2.75, 3.05) is 38.8 Å². The lowest BCUT2D eigenvalue weighted by atomic mass is 10.2. The zero-order valence-electron chi connectivity index (χ0n) is 17.6. The second-order valence-corrected chi connectivity index (χ2v) is 8.99. The number of aromatic nitrogens is 1. The number of hydrogen-bond acceptors (Lipinski definition) is 8. The molecule has 2 heterocycles. The predicted molar refractivity (Wildman–Crippen MR) is 112 cm³/mol. The number of rotatable bonds is 3. The quantitative estimate of drug-likeness (QED) is 0.701. The summed E-state index contributed by atoms with van der Waals surface area (Å²) < 4.78 is 16.6. The van der Waals surface area contributed by atoms with Gasteiger partial charge in [-0.05, 0) is 39.8 Å². The third-order valence-electron chi connectivity index (χ3n) is 4.61. The summed E-state index contributed by atoms with van der Waals surface area (Å²) in [5.74, 6) is 0.116. The molecule has 0 spiro atoms. The molecule has 0 aliphatic carbocycles. The van der Waals surface area contributed by atoms with Crippen LogP contribution in [0.4, 0.5) is 9.93 Å². The minimum absolute atomic E-state index is 0.0721. The van der Waals surface area contributed by atoms with Gasteiger partial charge in [-0.1, -0.05) is 11.3 Å².